The van der Waals surface area contributed by atoms with Gasteiger partial charge >= 0.3 is 0 Å². The highest BCUT2D eigenvalue weighted by Crippen LogP contribution is 2.35. The number of hydrogen-bond acceptors (Lipinski definition) is 5. The van der Waals surface area contributed by atoms with Crippen LogP contribution in [-0.4, -0.2) is 38.0 Å². The predicted octanol–water partition coefficient (Wildman–Crippen LogP) is 4.44. The van der Waals surface area contributed by atoms with Gasteiger partial charge in [-0.05, 0) is 41.5 Å². The third-order valence-corrected chi connectivity index (χ3v) is 5.77. The molecule has 1 heterocycles. The zero-order chi connectivity index (χ0) is 23.4. The van der Waals surface area contributed by atoms with Crippen LogP contribution in [0.4, 0.5) is 5.69 Å². The second-order valence-corrected chi connectivity index (χ2v) is 7.70. The summed E-state index contributed by atoms with van der Waals surface area (Å²) in [6.07, 6.45) is 0.0976. The molecule has 170 valence electrons. The summed E-state index contributed by atoms with van der Waals surface area (Å²) in [5.41, 5.74) is 3.08. The summed E-state index contributed by atoms with van der Waals surface area (Å²) in [6.45, 7) is 0.454. The number of fused-ring (bicyclic) bond motifs is 1. The zero-order valence-electron chi connectivity index (χ0n) is 18.8. The second-order valence-electron chi connectivity index (χ2n) is 7.70. The van der Waals surface area contributed by atoms with Crippen LogP contribution in [0.25, 0.3) is 0 Å². The minimum absolute atomic E-state index is 0.0784. The van der Waals surface area contributed by atoms with Crippen molar-refractivity contribution in [3.05, 3.63) is 83.4 Å². The Kier molecular flexibility index (Phi) is 6.49. The number of benzene rings is 3. The van der Waals surface area contributed by atoms with Crippen LogP contribution in [0.1, 0.15) is 33.9 Å². The van der Waals surface area contributed by atoms with Crippen molar-refractivity contribution in [3.8, 4) is 17.2 Å². The predicted molar refractivity (Wildman–Crippen MR) is 125 cm³/mol. The first-order chi connectivity index (χ1) is 16.0. The van der Waals surface area contributed by atoms with E-state index in [0.29, 0.717) is 35.0 Å². The van der Waals surface area contributed by atoms with E-state index >= 15 is 0 Å². The summed E-state index contributed by atoms with van der Waals surface area (Å²) < 4.78 is 15.8. The Balaban J connectivity index is 1.59. The largest absolute Gasteiger partial charge is 0.497 e. The molecule has 3 aromatic carbocycles. The molecule has 0 spiro atoms. The number of anilines is 1. The molecule has 0 fully saturated rings. The van der Waals surface area contributed by atoms with Gasteiger partial charge in [-0.25, -0.2) is 0 Å². The summed E-state index contributed by atoms with van der Waals surface area (Å²) in [5, 5.41) is 2.91. The van der Waals surface area contributed by atoms with E-state index in [1.54, 1.807) is 44.4 Å². The third-order valence-electron chi connectivity index (χ3n) is 5.77. The molecule has 7 nitrogen and oxygen atoms in total. The lowest BCUT2D eigenvalue weighted by molar-refractivity contribution is -0.117. The minimum Gasteiger partial charge on any atom is -0.497 e. The maximum atomic E-state index is 13.2. The number of hydrogen-bond donors (Lipinski definition) is 1. The Hall–Kier alpha value is -4.00. The van der Waals surface area contributed by atoms with Crippen LogP contribution in [-0.2, 0) is 11.3 Å². The van der Waals surface area contributed by atoms with Crippen molar-refractivity contribution in [1.29, 1.82) is 0 Å². The second kappa shape index (κ2) is 9.65. The lowest BCUT2D eigenvalue weighted by atomic mass is 10.0. The molecule has 33 heavy (non-hydrogen) atoms. The highest BCUT2D eigenvalue weighted by Gasteiger charge is 2.34. The highest BCUT2D eigenvalue weighted by molar-refractivity contribution is 5.99. The molecule has 0 unspecified atom stereocenters. The Bertz CT molecular complexity index is 1160. The van der Waals surface area contributed by atoms with E-state index in [0.717, 1.165) is 11.1 Å². The average Bonchev–Trinajstić information content (AvgIpc) is 3.18. The molecule has 3 aromatic rings. The van der Waals surface area contributed by atoms with Crippen LogP contribution in [0.2, 0.25) is 0 Å². The first kappa shape index (κ1) is 22.2. The Morgan fingerprint density at radius 2 is 1.67 bits per heavy atom. The van der Waals surface area contributed by atoms with Gasteiger partial charge in [0.25, 0.3) is 5.91 Å². The number of methoxy groups -OCH3 is 3. The first-order valence-corrected chi connectivity index (χ1v) is 10.6. The van der Waals surface area contributed by atoms with Gasteiger partial charge in [-0.15, -0.1) is 0 Å². The minimum atomic E-state index is -0.434. The maximum Gasteiger partial charge on any atom is 0.255 e. The number of rotatable bonds is 8. The molecule has 0 saturated carbocycles. The fraction of sp³-hybridized carbons (Fsp3) is 0.231. The van der Waals surface area contributed by atoms with Gasteiger partial charge in [-0.2, -0.15) is 0 Å². The third kappa shape index (κ3) is 4.62. The van der Waals surface area contributed by atoms with Crippen molar-refractivity contribution in [2.24, 2.45) is 0 Å². The molecular formula is C26H26N2O5. The van der Waals surface area contributed by atoms with E-state index in [9.17, 15) is 9.59 Å². The lowest BCUT2D eigenvalue weighted by Crippen LogP contribution is -2.32. The number of nitrogens with zero attached hydrogens (tertiary/aromatic N) is 1. The van der Waals surface area contributed by atoms with Gasteiger partial charge in [0.2, 0.25) is 5.91 Å². The summed E-state index contributed by atoms with van der Waals surface area (Å²) >= 11 is 0. The average molecular weight is 447 g/mol. The van der Waals surface area contributed by atoms with Crippen LogP contribution in [0.3, 0.4) is 0 Å². The molecule has 7 heteroatoms. The van der Waals surface area contributed by atoms with Crippen LogP contribution < -0.4 is 19.5 Å². The number of carbonyl (C=O) groups excluding carboxylic acids is 2. The van der Waals surface area contributed by atoms with E-state index < -0.39 is 6.04 Å². The fourth-order valence-electron chi connectivity index (χ4n) is 4.06. The van der Waals surface area contributed by atoms with E-state index in [2.05, 4.69) is 5.32 Å². The summed E-state index contributed by atoms with van der Waals surface area (Å²) in [4.78, 5) is 28.0. The normalized spacial score (nSPS) is 13.3. The number of ether oxygens (including phenoxy) is 3. The molecule has 0 saturated heterocycles. The fourth-order valence-corrected chi connectivity index (χ4v) is 4.06. The van der Waals surface area contributed by atoms with E-state index in [1.807, 2.05) is 48.5 Å². The molecule has 0 aromatic heterocycles. The SMILES string of the molecule is COc1ccc([C@@H](CC(=O)Nc2ccc(OC)c(OC)c2)N2Cc3ccccc3C2=O)cc1. The van der Waals surface area contributed by atoms with Gasteiger partial charge in [-0.3, -0.25) is 9.59 Å². The molecule has 1 atom stereocenters. The molecule has 4 rings (SSSR count). The molecule has 2 amide bonds. The van der Waals surface area contributed by atoms with Crippen molar-refractivity contribution in [2.45, 2.75) is 19.0 Å². The standard InChI is InChI=1S/C26H26N2O5/c1-31-20-11-8-17(9-12-20)22(28-16-18-6-4-5-7-21(18)26(28)30)15-25(29)27-19-10-13-23(32-2)24(14-19)33-3/h4-14,22H,15-16H2,1-3H3,(H,27,29)/t22-/m1/s1. The molecule has 0 bridgehead atoms. The summed E-state index contributed by atoms with van der Waals surface area (Å²) in [5.74, 6) is 1.51. The van der Waals surface area contributed by atoms with E-state index in [4.69, 9.17) is 14.2 Å². The lowest BCUT2D eigenvalue weighted by Gasteiger charge is -2.28. The monoisotopic (exact) mass is 446 g/mol. The summed E-state index contributed by atoms with van der Waals surface area (Å²) in [7, 11) is 4.70. The van der Waals surface area contributed by atoms with Crippen molar-refractivity contribution < 1.29 is 23.8 Å². The number of amides is 2. The van der Waals surface area contributed by atoms with Gasteiger partial charge in [0.15, 0.2) is 11.5 Å². The van der Waals surface area contributed by atoms with Gasteiger partial charge in [0.05, 0.1) is 33.8 Å². The summed E-state index contributed by atoms with van der Waals surface area (Å²) in [6, 6.07) is 19.8. The van der Waals surface area contributed by atoms with E-state index in [1.165, 1.54) is 0 Å². The Morgan fingerprint density at radius 1 is 0.939 bits per heavy atom. The quantitative estimate of drug-likeness (QED) is 0.554. The molecule has 1 N–H and O–H groups in total. The highest BCUT2D eigenvalue weighted by atomic mass is 16.5. The topological polar surface area (TPSA) is 77.1 Å². The maximum absolute atomic E-state index is 13.2. The van der Waals surface area contributed by atoms with Crippen LogP contribution in [0.15, 0.2) is 66.7 Å². The van der Waals surface area contributed by atoms with Crippen LogP contribution >= 0.6 is 0 Å². The van der Waals surface area contributed by atoms with Gasteiger partial charge < -0.3 is 24.4 Å². The number of carbonyl (C=O) groups is 2. The van der Waals surface area contributed by atoms with E-state index in [-0.39, 0.29) is 18.2 Å². The smallest absolute Gasteiger partial charge is 0.255 e. The molecular weight excluding hydrogens is 420 g/mol. The Labute approximate surface area is 192 Å². The van der Waals surface area contributed by atoms with Gasteiger partial charge in [-0.1, -0.05) is 30.3 Å². The van der Waals surface area contributed by atoms with Crippen molar-refractivity contribution in [1.82, 2.24) is 4.90 Å². The molecule has 0 aliphatic carbocycles. The van der Waals surface area contributed by atoms with Gasteiger partial charge in [0.1, 0.15) is 5.75 Å². The van der Waals surface area contributed by atoms with Crippen molar-refractivity contribution in [2.75, 3.05) is 26.6 Å². The van der Waals surface area contributed by atoms with Crippen LogP contribution in [0.5, 0.6) is 17.2 Å². The zero-order valence-corrected chi connectivity index (χ0v) is 18.8. The number of nitrogens with one attached hydrogen (secondary N) is 1. The molecule has 1 aliphatic rings. The van der Waals surface area contributed by atoms with Crippen molar-refractivity contribution in [3.63, 3.8) is 0 Å². The van der Waals surface area contributed by atoms with Crippen LogP contribution in [0, 0.1) is 0 Å². The molecule has 1 aliphatic heterocycles. The van der Waals surface area contributed by atoms with Gasteiger partial charge in [0, 0.05) is 23.9 Å². The van der Waals surface area contributed by atoms with Crippen molar-refractivity contribution >= 4 is 17.5 Å². The first-order valence-electron chi connectivity index (χ1n) is 10.6. The molecule has 0 radical (unpaired) electrons. The Morgan fingerprint density at radius 3 is 2.33 bits per heavy atom.